The molecule has 0 aromatic heterocycles. The molecule has 7 rings (SSSR count). The Hall–Kier alpha value is -2.33. The van der Waals surface area contributed by atoms with E-state index in [0.717, 1.165) is 5.57 Å². The fourth-order valence-corrected chi connectivity index (χ4v) is 14.0. The second kappa shape index (κ2) is 16.0. The number of carboxylic acid groups (broad SMARTS) is 1. The van der Waals surface area contributed by atoms with Gasteiger partial charge in [-0.05, 0) is 98.7 Å². The maximum atomic E-state index is 14.7. The topological polar surface area (TPSA) is 300 Å². The van der Waals surface area contributed by atoms with Crippen LogP contribution in [0.4, 0.5) is 0 Å². The molecule has 2 saturated heterocycles. The molecule has 6 fully saturated rings. The molecule has 0 aromatic carbocycles. The predicted octanol–water partition coefficient (Wildman–Crippen LogP) is -0.495. The van der Waals surface area contributed by atoms with E-state index in [1.165, 1.54) is 7.11 Å². The molecular formula is C43H66O18. The van der Waals surface area contributed by atoms with E-state index < -0.39 is 143 Å². The lowest BCUT2D eigenvalue weighted by atomic mass is 9.33. The van der Waals surface area contributed by atoms with Crippen molar-refractivity contribution in [2.45, 2.75) is 166 Å². The molecule has 0 bridgehead atoms. The van der Waals surface area contributed by atoms with Crippen molar-refractivity contribution in [2.75, 3.05) is 20.3 Å². The summed E-state index contributed by atoms with van der Waals surface area (Å²) in [5, 5.41) is 106. The minimum atomic E-state index is -1.93. The molecule has 0 spiro atoms. The quantitative estimate of drug-likeness (QED) is 0.0836. The zero-order chi connectivity index (χ0) is 45.0. The second-order valence-electron chi connectivity index (χ2n) is 20.6. The van der Waals surface area contributed by atoms with Crippen molar-refractivity contribution in [1.29, 1.82) is 0 Å². The summed E-state index contributed by atoms with van der Waals surface area (Å²) < 4.78 is 28.4. The molecule has 0 radical (unpaired) electrons. The molecule has 346 valence electrons. The highest BCUT2D eigenvalue weighted by molar-refractivity contribution is 5.81. The third kappa shape index (κ3) is 6.75. The third-order valence-electron chi connectivity index (χ3n) is 17.7. The summed E-state index contributed by atoms with van der Waals surface area (Å²) in [7, 11) is 1.33. The van der Waals surface area contributed by atoms with Crippen LogP contribution in [0.25, 0.3) is 0 Å². The van der Waals surface area contributed by atoms with E-state index in [4.69, 9.17) is 23.7 Å². The molecular weight excluding hydrogens is 804 g/mol. The van der Waals surface area contributed by atoms with Crippen molar-refractivity contribution >= 4 is 17.9 Å². The van der Waals surface area contributed by atoms with Crippen LogP contribution >= 0.6 is 0 Å². The van der Waals surface area contributed by atoms with Gasteiger partial charge < -0.3 is 74.7 Å². The number of rotatable bonds is 8. The number of carboxylic acids is 1. The Morgan fingerprint density at radius 1 is 0.754 bits per heavy atom. The van der Waals surface area contributed by atoms with Gasteiger partial charge in [0.05, 0.1) is 43.4 Å². The highest BCUT2D eigenvalue weighted by Gasteiger charge is 2.72. The van der Waals surface area contributed by atoms with E-state index in [1.54, 1.807) is 6.92 Å². The van der Waals surface area contributed by atoms with Gasteiger partial charge in [-0.1, -0.05) is 39.3 Å². The SMILES string of the molecule is COC(=O)[C@@]1(C)CC[C@]2(C(=O)O[C@@H]3O[C@H](CO)[C@@H](O)[C@H](O)[C@H]3O)CC[C@]3(C)C(=CCC4[C@@]5(C)C[C@H](O)[C@H](O[C@@H]6O[C@H](C(=O)O)[C@@H](O)[C@H](O)[C@H]6O)[C@@](C)(CO)C5CC[C@]43C)[C@@H]2C1. The van der Waals surface area contributed by atoms with E-state index in [-0.39, 0.29) is 31.1 Å². The first-order valence-electron chi connectivity index (χ1n) is 21.6. The summed E-state index contributed by atoms with van der Waals surface area (Å²) in [5.41, 5.74) is -3.89. The van der Waals surface area contributed by atoms with E-state index in [2.05, 4.69) is 26.8 Å². The van der Waals surface area contributed by atoms with Gasteiger partial charge in [-0.3, -0.25) is 9.59 Å². The third-order valence-corrected chi connectivity index (χ3v) is 17.7. The summed E-state index contributed by atoms with van der Waals surface area (Å²) in [6.45, 7) is 9.03. The number of fused-ring (bicyclic) bond motifs is 7. The number of hydrogen-bond donors (Lipinski definition) is 10. The van der Waals surface area contributed by atoms with Gasteiger partial charge in [0.1, 0.15) is 42.7 Å². The lowest BCUT2D eigenvalue weighted by Crippen LogP contribution is -2.69. The Morgan fingerprint density at radius 3 is 2.02 bits per heavy atom. The Bertz CT molecular complexity index is 1740. The van der Waals surface area contributed by atoms with Gasteiger partial charge in [-0.2, -0.15) is 0 Å². The number of esters is 2. The maximum Gasteiger partial charge on any atom is 0.335 e. The molecule has 0 aromatic rings. The monoisotopic (exact) mass is 870 g/mol. The molecule has 0 amide bonds. The van der Waals surface area contributed by atoms with Gasteiger partial charge in [0, 0.05) is 5.41 Å². The molecule has 18 nitrogen and oxygen atoms in total. The van der Waals surface area contributed by atoms with Gasteiger partial charge in [0.25, 0.3) is 0 Å². The fraction of sp³-hybridized carbons (Fsp3) is 0.884. The Kier molecular flexibility index (Phi) is 12.2. The first kappa shape index (κ1) is 46.7. The summed E-state index contributed by atoms with van der Waals surface area (Å²) in [5.74, 6) is -3.53. The van der Waals surface area contributed by atoms with Gasteiger partial charge in [-0.25, -0.2) is 4.79 Å². The molecule has 21 atom stereocenters. The number of hydrogen-bond acceptors (Lipinski definition) is 17. The summed E-state index contributed by atoms with van der Waals surface area (Å²) in [6.07, 6.45) is -14.1. The molecule has 5 aliphatic carbocycles. The Labute approximate surface area is 354 Å². The summed E-state index contributed by atoms with van der Waals surface area (Å²) in [6, 6.07) is 0. The lowest BCUT2D eigenvalue weighted by molar-refractivity contribution is -0.340. The first-order chi connectivity index (χ1) is 28.4. The highest BCUT2D eigenvalue weighted by atomic mass is 16.7. The average Bonchev–Trinajstić information content (AvgIpc) is 3.21. The van der Waals surface area contributed by atoms with Crippen LogP contribution in [0.3, 0.4) is 0 Å². The zero-order valence-electron chi connectivity index (χ0n) is 35.8. The number of allylic oxidation sites excluding steroid dienone is 2. The highest BCUT2D eigenvalue weighted by Crippen LogP contribution is 2.76. The summed E-state index contributed by atoms with van der Waals surface area (Å²) >= 11 is 0. The number of aliphatic hydroxyl groups is 9. The van der Waals surface area contributed by atoms with Gasteiger partial charge in [0.2, 0.25) is 6.29 Å². The molecule has 4 saturated carbocycles. The van der Waals surface area contributed by atoms with Crippen LogP contribution < -0.4 is 0 Å². The number of aliphatic carboxylic acids is 1. The lowest BCUT2D eigenvalue weighted by Gasteiger charge is -2.71. The van der Waals surface area contributed by atoms with Crippen LogP contribution in [0.1, 0.15) is 92.4 Å². The van der Waals surface area contributed by atoms with E-state index >= 15 is 0 Å². The van der Waals surface area contributed by atoms with Gasteiger partial charge in [-0.15, -0.1) is 0 Å². The average molecular weight is 871 g/mol. The number of carbonyl (C=O) groups is 3. The molecule has 10 N–H and O–H groups in total. The maximum absolute atomic E-state index is 14.7. The molecule has 2 aliphatic heterocycles. The first-order valence-corrected chi connectivity index (χ1v) is 21.6. The molecule has 2 unspecified atom stereocenters. The standard InChI is InChI=1S/C43H66O18/c1-38(36(55)57-6)11-13-43(37(56)61-34-29(51)26(48)25(47)22(17-44)58-34)14-12-41(4)19(20(43)15-38)7-8-24-39(2)16-21(46)32(40(3,18-45)23(39)9-10-42(24,41)5)60-35-30(52)27(49)28(50)31(59-35)33(53)54/h7,20-32,34-35,44-52H,8-18H2,1-6H3,(H,53,54)/t20-,21-,22+,23?,24?,25+,26-,27-,28-,29+,30+,31-,32-,34-,35-,38-,39-,40-,41+,42+,43-/m0/s1. The van der Waals surface area contributed by atoms with Crippen LogP contribution in [0.15, 0.2) is 11.6 Å². The zero-order valence-corrected chi connectivity index (χ0v) is 35.8. The van der Waals surface area contributed by atoms with Crippen LogP contribution in [-0.2, 0) is 38.1 Å². The smallest absolute Gasteiger partial charge is 0.335 e. The largest absolute Gasteiger partial charge is 0.479 e. The number of aliphatic hydroxyl groups excluding tert-OH is 9. The van der Waals surface area contributed by atoms with Crippen molar-refractivity contribution in [1.82, 2.24) is 0 Å². The van der Waals surface area contributed by atoms with Crippen LogP contribution in [0, 0.1) is 50.2 Å². The van der Waals surface area contributed by atoms with E-state index in [1.807, 2.05) is 6.92 Å². The molecule has 2 heterocycles. The van der Waals surface area contributed by atoms with Gasteiger partial charge >= 0.3 is 17.9 Å². The van der Waals surface area contributed by atoms with Crippen molar-refractivity contribution in [3.05, 3.63) is 11.6 Å². The number of methoxy groups -OCH3 is 1. The van der Waals surface area contributed by atoms with Crippen molar-refractivity contribution in [3.8, 4) is 0 Å². The van der Waals surface area contributed by atoms with Crippen LogP contribution in [-0.4, -0.2) is 163 Å². The van der Waals surface area contributed by atoms with Crippen molar-refractivity contribution in [2.24, 2.45) is 50.2 Å². The Morgan fingerprint density at radius 2 is 1.39 bits per heavy atom. The molecule has 7 aliphatic rings. The molecule has 61 heavy (non-hydrogen) atoms. The van der Waals surface area contributed by atoms with E-state index in [9.17, 15) is 65.4 Å². The second-order valence-corrected chi connectivity index (χ2v) is 20.6. The minimum absolute atomic E-state index is 0.0806. The molecule has 18 heteroatoms. The summed E-state index contributed by atoms with van der Waals surface area (Å²) in [4.78, 5) is 40.0. The van der Waals surface area contributed by atoms with Crippen molar-refractivity contribution < 1.29 is 89.1 Å². The van der Waals surface area contributed by atoms with E-state index in [0.29, 0.717) is 38.5 Å². The van der Waals surface area contributed by atoms with Crippen molar-refractivity contribution in [3.63, 3.8) is 0 Å². The minimum Gasteiger partial charge on any atom is -0.479 e. The predicted molar refractivity (Wildman–Crippen MR) is 207 cm³/mol. The van der Waals surface area contributed by atoms with Crippen LogP contribution in [0.2, 0.25) is 0 Å². The van der Waals surface area contributed by atoms with Crippen LogP contribution in [0.5, 0.6) is 0 Å². The van der Waals surface area contributed by atoms with Gasteiger partial charge in [0.15, 0.2) is 12.4 Å². The normalized spacial score (nSPS) is 53.2. The number of carbonyl (C=O) groups excluding carboxylic acids is 2. The number of ether oxygens (including phenoxy) is 5. The fourth-order valence-electron chi connectivity index (χ4n) is 14.0. The Balaban J connectivity index is 1.22.